The van der Waals surface area contributed by atoms with Gasteiger partial charge in [0.1, 0.15) is 5.60 Å². The molecule has 0 aromatic carbocycles. The molecule has 1 aliphatic heterocycles. The molecule has 0 aromatic rings. The summed E-state index contributed by atoms with van der Waals surface area (Å²) in [5.74, 6) is 1.94. The van der Waals surface area contributed by atoms with Crippen LogP contribution >= 0.6 is 0 Å². The fourth-order valence-electron chi connectivity index (χ4n) is 4.05. The Morgan fingerprint density at radius 3 is 2.50 bits per heavy atom. The van der Waals surface area contributed by atoms with Crippen LogP contribution in [0.3, 0.4) is 0 Å². The van der Waals surface area contributed by atoms with Gasteiger partial charge in [-0.05, 0) is 37.5 Å². The highest BCUT2D eigenvalue weighted by Gasteiger charge is 2.41. The van der Waals surface area contributed by atoms with Crippen LogP contribution in [0.2, 0.25) is 0 Å². The van der Waals surface area contributed by atoms with Crippen LogP contribution in [0, 0.1) is 11.8 Å². The molecule has 5 nitrogen and oxygen atoms in total. The molecule has 0 saturated heterocycles. The van der Waals surface area contributed by atoms with Crippen molar-refractivity contribution in [3.05, 3.63) is 12.0 Å². The summed E-state index contributed by atoms with van der Waals surface area (Å²) in [5.41, 5.74) is 2.25. The molecule has 5 heteroatoms. The van der Waals surface area contributed by atoms with Gasteiger partial charge in [0.2, 0.25) is 5.88 Å². The average molecular weight is 281 g/mol. The summed E-state index contributed by atoms with van der Waals surface area (Å²) in [7, 11) is 0. The van der Waals surface area contributed by atoms with Gasteiger partial charge >= 0.3 is 6.16 Å². The normalized spacial score (nSPS) is 34.6. The number of carboxylic acid groups (broad SMARTS) is 1. The van der Waals surface area contributed by atoms with Crippen molar-refractivity contribution in [2.75, 3.05) is 0 Å². The zero-order chi connectivity index (χ0) is 14.0. The van der Waals surface area contributed by atoms with Crippen LogP contribution in [0.15, 0.2) is 12.0 Å². The maximum Gasteiger partial charge on any atom is 0.512 e. The van der Waals surface area contributed by atoms with E-state index in [-0.39, 0.29) is 11.5 Å². The van der Waals surface area contributed by atoms with Gasteiger partial charge in [0.15, 0.2) is 0 Å². The first-order valence-electron chi connectivity index (χ1n) is 7.75. The van der Waals surface area contributed by atoms with E-state index in [1.165, 1.54) is 44.9 Å². The predicted octanol–water partition coefficient (Wildman–Crippen LogP) is 3.57. The minimum atomic E-state index is -1.31. The lowest BCUT2D eigenvalue weighted by molar-refractivity contribution is -0.0812. The molecule has 112 valence electrons. The van der Waals surface area contributed by atoms with Crippen LogP contribution in [-0.4, -0.2) is 16.9 Å². The Balaban J connectivity index is 1.55. The lowest BCUT2D eigenvalue weighted by Crippen LogP contribution is -2.36. The van der Waals surface area contributed by atoms with E-state index < -0.39 is 6.16 Å². The number of hydrogen-bond donors (Lipinski definition) is 2. The van der Waals surface area contributed by atoms with Crippen molar-refractivity contribution in [1.82, 2.24) is 5.48 Å². The first-order valence-corrected chi connectivity index (χ1v) is 7.75. The molecule has 0 unspecified atom stereocenters. The number of ether oxygens (including phenoxy) is 1. The summed E-state index contributed by atoms with van der Waals surface area (Å²) in [6.45, 7) is 0. The number of hydroxylamine groups is 1. The molecule has 3 rings (SSSR count). The Bertz CT molecular complexity index is 393. The SMILES string of the molecule is O=C(O)OC1=CC2(CCC(C3CCCCC3)CC2)ON1. The molecule has 2 aliphatic carbocycles. The molecule has 0 radical (unpaired) electrons. The molecule has 0 atom stereocenters. The topological polar surface area (TPSA) is 67.8 Å². The van der Waals surface area contributed by atoms with Gasteiger partial charge in [-0.1, -0.05) is 32.1 Å². The second-order valence-electron chi connectivity index (χ2n) is 6.38. The number of carbonyl (C=O) groups is 1. The Hall–Kier alpha value is -1.23. The van der Waals surface area contributed by atoms with Gasteiger partial charge in [0.05, 0.1) is 0 Å². The molecule has 0 amide bonds. The third kappa shape index (κ3) is 2.92. The molecule has 20 heavy (non-hydrogen) atoms. The van der Waals surface area contributed by atoms with E-state index in [4.69, 9.17) is 9.94 Å². The number of hydrogen-bond acceptors (Lipinski definition) is 4. The molecule has 0 aromatic heterocycles. The van der Waals surface area contributed by atoms with Crippen LogP contribution in [0.25, 0.3) is 0 Å². The van der Waals surface area contributed by atoms with Gasteiger partial charge in [0, 0.05) is 6.08 Å². The zero-order valence-corrected chi connectivity index (χ0v) is 11.8. The quantitative estimate of drug-likeness (QED) is 0.757. The van der Waals surface area contributed by atoms with E-state index >= 15 is 0 Å². The molecular weight excluding hydrogens is 258 g/mol. The van der Waals surface area contributed by atoms with Gasteiger partial charge in [-0.15, -0.1) is 0 Å². The van der Waals surface area contributed by atoms with Crippen molar-refractivity contribution in [2.24, 2.45) is 11.8 Å². The Labute approximate surface area is 119 Å². The predicted molar refractivity (Wildman–Crippen MR) is 72.7 cm³/mol. The summed E-state index contributed by atoms with van der Waals surface area (Å²) in [4.78, 5) is 16.1. The maximum atomic E-state index is 10.5. The van der Waals surface area contributed by atoms with E-state index in [0.29, 0.717) is 0 Å². The van der Waals surface area contributed by atoms with Gasteiger partial charge in [-0.3, -0.25) is 4.84 Å². The standard InChI is InChI=1S/C15H23NO4/c17-14(18)19-13-10-15(20-16-13)8-6-12(7-9-15)11-4-2-1-3-5-11/h10-12,16H,1-9H2,(H,17,18). The minimum Gasteiger partial charge on any atom is -0.449 e. The first kappa shape index (κ1) is 13.7. The van der Waals surface area contributed by atoms with Crippen molar-refractivity contribution in [3.63, 3.8) is 0 Å². The molecule has 2 fully saturated rings. The average Bonchev–Trinajstić information content (AvgIpc) is 2.82. The third-order valence-corrected chi connectivity index (χ3v) is 5.14. The summed E-state index contributed by atoms with van der Waals surface area (Å²) >= 11 is 0. The summed E-state index contributed by atoms with van der Waals surface area (Å²) < 4.78 is 4.62. The zero-order valence-electron chi connectivity index (χ0n) is 11.8. The van der Waals surface area contributed by atoms with Crippen molar-refractivity contribution >= 4 is 6.16 Å². The lowest BCUT2D eigenvalue weighted by Gasteiger charge is -2.38. The smallest absolute Gasteiger partial charge is 0.449 e. The minimum absolute atomic E-state index is 0.216. The van der Waals surface area contributed by atoms with Gasteiger partial charge in [-0.25, -0.2) is 10.3 Å². The fourth-order valence-corrected chi connectivity index (χ4v) is 4.05. The highest BCUT2D eigenvalue weighted by molar-refractivity contribution is 5.58. The molecular formula is C15H23NO4. The molecule has 3 aliphatic rings. The van der Waals surface area contributed by atoms with Crippen LogP contribution < -0.4 is 5.48 Å². The Morgan fingerprint density at radius 1 is 1.20 bits per heavy atom. The largest absolute Gasteiger partial charge is 0.512 e. The monoisotopic (exact) mass is 281 g/mol. The van der Waals surface area contributed by atoms with Gasteiger partial charge in [0.25, 0.3) is 0 Å². The maximum absolute atomic E-state index is 10.5. The highest BCUT2D eigenvalue weighted by Crippen LogP contribution is 2.44. The van der Waals surface area contributed by atoms with Crippen molar-refractivity contribution < 1.29 is 19.5 Å². The lowest BCUT2D eigenvalue weighted by atomic mass is 9.70. The van der Waals surface area contributed by atoms with Gasteiger partial charge < -0.3 is 9.84 Å². The summed E-state index contributed by atoms with van der Waals surface area (Å²) in [6.07, 6.45) is 11.7. The first-order chi connectivity index (χ1) is 9.67. The Morgan fingerprint density at radius 2 is 1.85 bits per heavy atom. The van der Waals surface area contributed by atoms with Crippen LogP contribution in [0.4, 0.5) is 4.79 Å². The number of nitrogens with one attached hydrogen (secondary N) is 1. The summed E-state index contributed by atoms with van der Waals surface area (Å²) in [5, 5.41) is 8.61. The van der Waals surface area contributed by atoms with E-state index in [0.717, 1.165) is 24.7 Å². The van der Waals surface area contributed by atoms with Crippen molar-refractivity contribution in [1.29, 1.82) is 0 Å². The van der Waals surface area contributed by atoms with Crippen molar-refractivity contribution in [2.45, 2.75) is 63.4 Å². The van der Waals surface area contributed by atoms with E-state index in [1.54, 1.807) is 6.08 Å². The summed E-state index contributed by atoms with van der Waals surface area (Å²) in [6, 6.07) is 0. The van der Waals surface area contributed by atoms with E-state index in [2.05, 4.69) is 10.2 Å². The molecule has 2 saturated carbocycles. The van der Waals surface area contributed by atoms with E-state index in [9.17, 15) is 4.79 Å². The second-order valence-corrected chi connectivity index (χ2v) is 6.38. The molecule has 1 spiro atoms. The van der Waals surface area contributed by atoms with Crippen molar-refractivity contribution in [3.8, 4) is 0 Å². The fraction of sp³-hybridized carbons (Fsp3) is 0.800. The van der Waals surface area contributed by atoms with Crippen LogP contribution in [-0.2, 0) is 9.57 Å². The van der Waals surface area contributed by atoms with Crippen LogP contribution in [0.1, 0.15) is 57.8 Å². The van der Waals surface area contributed by atoms with E-state index in [1.807, 2.05) is 0 Å². The number of rotatable bonds is 2. The third-order valence-electron chi connectivity index (χ3n) is 5.14. The molecule has 1 heterocycles. The second kappa shape index (κ2) is 5.64. The molecule has 0 bridgehead atoms. The van der Waals surface area contributed by atoms with Crippen LogP contribution in [0.5, 0.6) is 0 Å². The van der Waals surface area contributed by atoms with Gasteiger partial charge in [-0.2, -0.15) is 0 Å². The molecule has 2 N–H and O–H groups in total. The Kier molecular flexibility index (Phi) is 3.87. The highest BCUT2D eigenvalue weighted by atomic mass is 16.7.